The van der Waals surface area contributed by atoms with E-state index in [0.29, 0.717) is 15.2 Å². The maximum atomic E-state index is 12.1. The number of furan rings is 1. The molecule has 1 N–H and O–H groups in total. The molecule has 0 aliphatic carbocycles. The number of halogens is 1. The molecule has 0 fully saturated rings. The molecule has 1 heterocycles. The first-order chi connectivity index (χ1) is 9.99. The number of benzene rings is 1. The lowest BCUT2D eigenvalue weighted by atomic mass is 10.1. The zero-order chi connectivity index (χ0) is 15.4. The van der Waals surface area contributed by atoms with Gasteiger partial charge in [-0.25, -0.2) is 0 Å². The Kier molecular flexibility index (Phi) is 4.81. The van der Waals surface area contributed by atoms with E-state index in [4.69, 9.17) is 9.68 Å². The lowest BCUT2D eigenvalue weighted by molar-refractivity contribution is -0.112. The van der Waals surface area contributed by atoms with E-state index in [-0.39, 0.29) is 5.57 Å². The van der Waals surface area contributed by atoms with Gasteiger partial charge >= 0.3 is 0 Å². The monoisotopic (exact) mass is 392 g/mol. The molecule has 2 rings (SSSR count). The molecule has 2 aromatic rings. The van der Waals surface area contributed by atoms with Gasteiger partial charge in [-0.1, -0.05) is 6.07 Å². The Hall–Kier alpha value is -2.07. The highest BCUT2D eigenvalue weighted by atomic mass is 127. The van der Waals surface area contributed by atoms with Crippen LogP contribution in [0.2, 0.25) is 0 Å². The average molecular weight is 392 g/mol. The Bertz CT molecular complexity index is 754. The first kappa shape index (κ1) is 15.3. The van der Waals surface area contributed by atoms with Crippen molar-refractivity contribution in [1.29, 1.82) is 5.26 Å². The number of amides is 1. The van der Waals surface area contributed by atoms with Gasteiger partial charge in [-0.15, -0.1) is 0 Å². The summed E-state index contributed by atoms with van der Waals surface area (Å²) in [7, 11) is 0. The zero-order valence-electron chi connectivity index (χ0n) is 11.6. The van der Waals surface area contributed by atoms with Crippen molar-refractivity contribution in [3.63, 3.8) is 0 Å². The number of aryl methyl sites for hydroxylation is 2. The van der Waals surface area contributed by atoms with Crippen molar-refractivity contribution in [3.8, 4) is 6.07 Å². The largest absolute Gasteiger partial charge is 0.451 e. The third kappa shape index (κ3) is 3.95. The van der Waals surface area contributed by atoms with E-state index >= 15 is 0 Å². The number of hydrogen-bond acceptors (Lipinski definition) is 3. The molecule has 1 aromatic carbocycles. The summed E-state index contributed by atoms with van der Waals surface area (Å²) in [5.41, 5.74) is 2.89. The van der Waals surface area contributed by atoms with Gasteiger partial charge in [0.2, 0.25) is 0 Å². The van der Waals surface area contributed by atoms with Crippen molar-refractivity contribution < 1.29 is 9.21 Å². The summed E-state index contributed by atoms with van der Waals surface area (Å²) in [6.45, 7) is 3.97. The van der Waals surface area contributed by atoms with E-state index in [2.05, 4.69) is 5.32 Å². The number of anilines is 1. The van der Waals surface area contributed by atoms with Crippen LogP contribution in [0.5, 0.6) is 0 Å². The number of hydrogen-bond donors (Lipinski definition) is 1. The summed E-state index contributed by atoms with van der Waals surface area (Å²) < 4.78 is 6.03. The Morgan fingerprint density at radius 1 is 1.29 bits per heavy atom. The van der Waals surface area contributed by atoms with Crippen LogP contribution in [-0.4, -0.2) is 5.91 Å². The molecular formula is C16H13IN2O2. The average Bonchev–Trinajstić information content (AvgIpc) is 2.85. The molecule has 0 radical (unpaired) electrons. The molecule has 21 heavy (non-hydrogen) atoms. The molecule has 106 valence electrons. The normalized spacial score (nSPS) is 11.0. The molecule has 5 heteroatoms. The van der Waals surface area contributed by atoms with Crippen molar-refractivity contribution in [2.45, 2.75) is 13.8 Å². The van der Waals surface area contributed by atoms with Gasteiger partial charge in [0.05, 0.1) is 0 Å². The second-order valence-electron chi connectivity index (χ2n) is 4.56. The van der Waals surface area contributed by atoms with Gasteiger partial charge in [-0.05, 0) is 71.8 Å². The number of rotatable bonds is 3. The third-order valence-corrected chi connectivity index (χ3v) is 3.59. The number of carbonyl (C=O) groups excluding carboxylic acids is 1. The minimum Gasteiger partial charge on any atom is -0.451 e. The number of nitrogens with one attached hydrogen (secondary N) is 1. The van der Waals surface area contributed by atoms with E-state index < -0.39 is 5.91 Å². The predicted molar refractivity (Wildman–Crippen MR) is 89.6 cm³/mol. The molecule has 0 unspecified atom stereocenters. The van der Waals surface area contributed by atoms with Crippen molar-refractivity contribution >= 4 is 40.3 Å². The number of nitrogens with zero attached hydrogens (tertiary/aromatic N) is 1. The van der Waals surface area contributed by atoms with Crippen LogP contribution in [-0.2, 0) is 4.79 Å². The van der Waals surface area contributed by atoms with Crippen molar-refractivity contribution in [2.75, 3.05) is 5.32 Å². The first-order valence-electron chi connectivity index (χ1n) is 6.25. The SMILES string of the molecule is Cc1ccc(NC(=O)/C(C#N)=C\c2ccc(I)o2)cc1C. The van der Waals surface area contributed by atoms with Crippen LogP contribution in [0.3, 0.4) is 0 Å². The topological polar surface area (TPSA) is 66.0 Å². The first-order valence-corrected chi connectivity index (χ1v) is 7.33. The lowest BCUT2D eigenvalue weighted by Gasteiger charge is -2.06. The Morgan fingerprint density at radius 3 is 2.62 bits per heavy atom. The van der Waals surface area contributed by atoms with Crippen LogP contribution < -0.4 is 5.32 Å². The summed E-state index contributed by atoms with van der Waals surface area (Å²) in [6, 6.07) is 11.0. The molecule has 1 amide bonds. The molecule has 0 aliphatic heterocycles. The van der Waals surface area contributed by atoms with E-state index in [1.807, 2.05) is 60.7 Å². The molecule has 4 nitrogen and oxygen atoms in total. The van der Waals surface area contributed by atoms with Gasteiger partial charge in [0.15, 0.2) is 3.77 Å². The van der Waals surface area contributed by atoms with Gasteiger partial charge in [-0.2, -0.15) is 5.26 Å². The van der Waals surface area contributed by atoms with E-state index in [0.717, 1.165) is 11.1 Å². The van der Waals surface area contributed by atoms with Gasteiger partial charge in [0, 0.05) is 11.8 Å². The van der Waals surface area contributed by atoms with Crippen molar-refractivity contribution in [1.82, 2.24) is 0 Å². The molecule has 0 bridgehead atoms. The van der Waals surface area contributed by atoms with Crippen LogP contribution >= 0.6 is 22.6 Å². The fourth-order valence-electron chi connectivity index (χ4n) is 1.71. The standard InChI is InChI=1S/C16H13IN2O2/c1-10-3-4-13(7-11(10)2)19-16(20)12(9-18)8-14-5-6-15(17)21-14/h3-8H,1-2H3,(H,19,20)/b12-8-. The maximum absolute atomic E-state index is 12.1. The molecule has 0 saturated carbocycles. The fourth-order valence-corrected chi connectivity index (χ4v) is 2.15. The van der Waals surface area contributed by atoms with E-state index in [1.165, 1.54) is 6.08 Å². The van der Waals surface area contributed by atoms with E-state index in [9.17, 15) is 4.79 Å². The van der Waals surface area contributed by atoms with E-state index in [1.54, 1.807) is 12.1 Å². The van der Waals surface area contributed by atoms with Crippen molar-refractivity contribution in [3.05, 3.63) is 56.6 Å². The van der Waals surface area contributed by atoms with Crippen LogP contribution in [0.15, 0.2) is 40.3 Å². The molecule has 1 aromatic heterocycles. The number of carbonyl (C=O) groups is 1. The molecule has 0 aliphatic rings. The smallest absolute Gasteiger partial charge is 0.266 e. The van der Waals surface area contributed by atoms with Gasteiger partial charge in [-0.3, -0.25) is 4.79 Å². The quantitative estimate of drug-likeness (QED) is 0.487. The van der Waals surface area contributed by atoms with Crippen LogP contribution in [0.1, 0.15) is 16.9 Å². The Labute approximate surface area is 136 Å². The molecule has 0 atom stereocenters. The second kappa shape index (κ2) is 6.59. The minimum atomic E-state index is -0.452. The predicted octanol–water partition coefficient (Wildman–Crippen LogP) is 4.05. The highest BCUT2D eigenvalue weighted by Crippen LogP contribution is 2.17. The molecule has 0 saturated heterocycles. The zero-order valence-corrected chi connectivity index (χ0v) is 13.8. The summed E-state index contributed by atoms with van der Waals surface area (Å²) in [5, 5.41) is 11.8. The van der Waals surface area contributed by atoms with Crippen LogP contribution in [0.25, 0.3) is 6.08 Å². The Balaban J connectivity index is 2.19. The van der Waals surface area contributed by atoms with Crippen molar-refractivity contribution in [2.24, 2.45) is 0 Å². The highest BCUT2D eigenvalue weighted by molar-refractivity contribution is 14.1. The highest BCUT2D eigenvalue weighted by Gasteiger charge is 2.11. The summed E-state index contributed by atoms with van der Waals surface area (Å²) in [6.07, 6.45) is 1.43. The third-order valence-electron chi connectivity index (χ3n) is 3.01. The molecule has 0 spiro atoms. The summed E-state index contributed by atoms with van der Waals surface area (Å²) in [5.74, 6) is 0.0262. The van der Waals surface area contributed by atoms with Crippen LogP contribution in [0.4, 0.5) is 5.69 Å². The van der Waals surface area contributed by atoms with Crippen LogP contribution in [0, 0.1) is 28.9 Å². The number of nitriles is 1. The maximum Gasteiger partial charge on any atom is 0.266 e. The van der Waals surface area contributed by atoms with Gasteiger partial charge in [0.25, 0.3) is 5.91 Å². The second-order valence-corrected chi connectivity index (χ2v) is 5.63. The summed E-state index contributed by atoms with van der Waals surface area (Å²) in [4.78, 5) is 12.1. The fraction of sp³-hybridized carbons (Fsp3) is 0.125. The van der Waals surface area contributed by atoms with Gasteiger partial charge < -0.3 is 9.73 Å². The molecular weight excluding hydrogens is 379 g/mol. The van der Waals surface area contributed by atoms with Gasteiger partial charge in [0.1, 0.15) is 17.4 Å². The summed E-state index contributed by atoms with van der Waals surface area (Å²) >= 11 is 2.02. The minimum absolute atomic E-state index is 0.000946. The Morgan fingerprint density at radius 2 is 2.05 bits per heavy atom. The lowest BCUT2D eigenvalue weighted by Crippen LogP contribution is -2.13.